The quantitative estimate of drug-likeness (QED) is 0.433. The molecule has 0 saturated heterocycles. The van der Waals surface area contributed by atoms with Crippen LogP contribution in [-0.4, -0.2) is 11.1 Å². The summed E-state index contributed by atoms with van der Waals surface area (Å²) in [5.41, 5.74) is 1.37. The molecule has 3 aromatic carbocycles. The summed E-state index contributed by atoms with van der Waals surface area (Å²) in [6, 6.07) is 14.9. The number of carbonyl (C=O) groups is 1. The average molecular weight is 530 g/mol. The SMILES string of the molecule is Cc1cc(I)cc(I)c1Oc1ccc2cc(C(=O)O)ccc2c1. The number of halogens is 2. The molecule has 0 amide bonds. The summed E-state index contributed by atoms with van der Waals surface area (Å²) < 4.78 is 8.29. The molecule has 3 nitrogen and oxygen atoms in total. The van der Waals surface area contributed by atoms with E-state index in [9.17, 15) is 4.79 Å². The first-order valence-corrected chi connectivity index (χ1v) is 9.00. The van der Waals surface area contributed by atoms with Crippen LogP contribution in [0.3, 0.4) is 0 Å². The van der Waals surface area contributed by atoms with E-state index in [4.69, 9.17) is 9.84 Å². The first kappa shape index (κ1) is 16.5. The highest BCUT2D eigenvalue weighted by atomic mass is 127. The van der Waals surface area contributed by atoms with Gasteiger partial charge in [0.1, 0.15) is 11.5 Å². The summed E-state index contributed by atoms with van der Waals surface area (Å²) >= 11 is 4.56. The Morgan fingerprint density at radius 1 is 1.00 bits per heavy atom. The highest BCUT2D eigenvalue weighted by Gasteiger charge is 2.09. The predicted octanol–water partition coefficient (Wildman–Crippen LogP) is 5.85. The van der Waals surface area contributed by atoms with Gasteiger partial charge in [-0.15, -0.1) is 0 Å². The number of ether oxygens (including phenoxy) is 1. The monoisotopic (exact) mass is 530 g/mol. The fourth-order valence-electron chi connectivity index (χ4n) is 2.36. The lowest BCUT2D eigenvalue weighted by atomic mass is 10.1. The van der Waals surface area contributed by atoms with Crippen molar-refractivity contribution in [1.82, 2.24) is 0 Å². The van der Waals surface area contributed by atoms with E-state index in [1.165, 1.54) is 3.57 Å². The van der Waals surface area contributed by atoms with Gasteiger partial charge in [0.25, 0.3) is 0 Å². The molecule has 0 unspecified atom stereocenters. The summed E-state index contributed by atoms with van der Waals surface area (Å²) in [6.45, 7) is 2.03. The number of carboxylic acid groups (broad SMARTS) is 1. The van der Waals surface area contributed by atoms with Gasteiger partial charge in [-0.25, -0.2) is 4.79 Å². The number of hydrogen-bond donors (Lipinski definition) is 1. The third kappa shape index (κ3) is 3.60. The number of fused-ring (bicyclic) bond motifs is 1. The third-order valence-corrected chi connectivity index (χ3v) is 4.90. The van der Waals surface area contributed by atoms with E-state index in [0.717, 1.165) is 31.4 Å². The first-order chi connectivity index (χ1) is 10.9. The zero-order valence-corrected chi connectivity index (χ0v) is 16.5. The van der Waals surface area contributed by atoms with Gasteiger partial charge in [0, 0.05) is 3.57 Å². The molecule has 0 spiro atoms. The molecule has 0 bridgehead atoms. The van der Waals surface area contributed by atoms with Crippen LogP contribution in [0.4, 0.5) is 0 Å². The highest BCUT2D eigenvalue weighted by Crippen LogP contribution is 2.33. The molecule has 3 rings (SSSR count). The Bertz CT molecular complexity index is 896. The molecule has 0 radical (unpaired) electrons. The Hall–Kier alpha value is -1.35. The Balaban J connectivity index is 1.98. The molecular formula is C18H12I2O3. The maximum atomic E-state index is 11.0. The van der Waals surface area contributed by atoms with Crippen molar-refractivity contribution in [1.29, 1.82) is 0 Å². The molecule has 0 fully saturated rings. The minimum atomic E-state index is -0.920. The lowest BCUT2D eigenvalue weighted by Gasteiger charge is -2.12. The van der Waals surface area contributed by atoms with Crippen LogP contribution in [0, 0.1) is 14.1 Å². The van der Waals surface area contributed by atoms with Crippen LogP contribution in [0.1, 0.15) is 15.9 Å². The van der Waals surface area contributed by atoms with Gasteiger partial charge in [0.15, 0.2) is 0 Å². The van der Waals surface area contributed by atoms with Crippen LogP contribution in [0.15, 0.2) is 48.5 Å². The molecule has 0 aromatic heterocycles. The Kier molecular flexibility index (Phi) is 4.77. The second-order valence-corrected chi connectivity index (χ2v) is 7.57. The zero-order chi connectivity index (χ0) is 16.6. The van der Waals surface area contributed by atoms with Crippen molar-refractivity contribution < 1.29 is 14.6 Å². The van der Waals surface area contributed by atoms with Gasteiger partial charge in [-0.2, -0.15) is 0 Å². The standard InChI is InChI=1S/C18H12I2O3/c1-10-6-14(19)9-16(20)17(10)23-15-5-4-11-7-13(18(21)22)3-2-12(11)8-15/h2-9H,1H3,(H,21,22). The molecule has 3 aromatic rings. The van der Waals surface area contributed by atoms with Crippen LogP contribution < -0.4 is 4.74 Å². The molecule has 0 atom stereocenters. The van der Waals surface area contributed by atoms with Crippen LogP contribution >= 0.6 is 45.2 Å². The van der Waals surface area contributed by atoms with Gasteiger partial charge in [-0.1, -0.05) is 12.1 Å². The fraction of sp³-hybridized carbons (Fsp3) is 0.0556. The number of carboxylic acids is 1. The molecule has 116 valence electrons. The molecule has 23 heavy (non-hydrogen) atoms. The number of rotatable bonds is 3. The molecule has 1 N–H and O–H groups in total. The summed E-state index contributed by atoms with van der Waals surface area (Å²) in [4.78, 5) is 11.0. The number of aryl methyl sites for hydroxylation is 1. The van der Waals surface area contributed by atoms with Crippen molar-refractivity contribution in [2.45, 2.75) is 6.92 Å². The van der Waals surface area contributed by atoms with Crippen molar-refractivity contribution in [2.24, 2.45) is 0 Å². The lowest BCUT2D eigenvalue weighted by Crippen LogP contribution is -1.95. The minimum absolute atomic E-state index is 0.286. The first-order valence-electron chi connectivity index (χ1n) is 6.84. The van der Waals surface area contributed by atoms with E-state index >= 15 is 0 Å². The fourth-order valence-corrected chi connectivity index (χ4v) is 4.60. The number of benzene rings is 3. The predicted molar refractivity (Wildman–Crippen MR) is 108 cm³/mol. The molecule has 0 heterocycles. The van der Waals surface area contributed by atoms with Gasteiger partial charge in [0.05, 0.1) is 9.13 Å². The molecule has 0 saturated carbocycles. The van der Waals surface area contributed by atoms with E-state index < -0.39 is 5.97 Å². The third-order valence-electron chi connectivity index (χ3n) is 3.47. The smallest absolute Gasteiger partial charge is 0.335 e. The normalized spacial score (nSPS) is 10.7. The maximum Gasteiger partial charge on any atom is 0.335 e. The second-order valence-electron chi connectivity index (χ2n) is 5.16. The number of hydrogen-bond acceptors (Lipinski definition) is 2. The highest BCUT2D eigenvalue weighted by molar-refractivity contribution is 14.1. The molecule has 0 aliphatic carbocycles. The van der Waals surface area contributed by atoms with Crippen LogP contribution in [-0.2, 0) is 0 Å². The van der Waals surface area contributed by atoms with Gasteiger partial charge >= 0.3 is 5.97 Å². The Morgan fingerprint density at radius 2 is 1.70 bits per heavy atom. The molecule has 0 aliphatic rings. The summed E-state index contributed by atoms with van der Waals surface area (Å²) in [5, 5.41) is 10.9. The van der Waals surface area contributed by atoms with E-state index in [2.05, 4.69) is 57.3 Å². The zero-order valence-electron chi connectivity index (χ0n) is 12.1. The average Bonchev–Trinajstić information content (AvgIpc) is 2.50. The maximum absolute atomic E-state index is 11.0. The van der Waals surface area contributed by atoms with Gasteiger partial charge in [0.2, 0.25) is 0 Å². The minimum Gasteiger partial charge on any atom is -0.478 e. The Morgan fingerprint density at radius 3 is 2.39 bits per heavy atom. The molecule has 0 aliphatic heterocycles. The van der Waals surface area contributed by atoms with Crippen molar-refractivity contribution >= 4 is 61.9 Å². The van der Waals surface area contributed by atoms with Crippen molar-refractivity contribution in [3.63, 3.8) is 0 Å². The van der Waals surface area contributed by atoms with E-state index in [1.54, 1.807) is 18.2 Å². The van der Waals surface area contributed by atoms with E-state index in [1.807, 2.05) is 25.1 Å². The van der Waals surface area contributed by atoms with Gasteiger partial charge in [-0.05, 0) is 105 Å². The van der Waals surface area contributed by atoms with Crippen molar-refractivity contribution in [2.75, 3.05) is 0 Å². The largest absolute Gasteiger partial charge is 0.478 e. The van der Waals surface area contributed by atoms with Crippen LogP contribution in [0.2, 0.25) is 0 Å². The topological polar surface area (TPSA) is 46.5 Å². The van der Waals surface area contributed by atoms with E-state index in [-0.39, 0.29) is 5.56 Å². The van der Waals surface area contributed by atoms with Crippen LogP contribution in [0.5, 0.6) is 11.5 Å². The summed E-state index contributed by atoms with van der Waals surface area (Å²) in [7, 11) is 0. The van der Waals surface area contributed by atoms with Gasteiger partial charge < -0.3 is 9.84 Å². The Labute approximate surface area is 160 Å². The molecule has 5 heteroatoms. The van der Waals surface area contributed by atoms with Crippen molar-refractivity contribution in [3.8, 4) is 11.5 Å². The lowest BCUT2D eigenvalue weighted by molar-refractivity contribution is 0.0697. The summed E-state index contributed by atoms with van der Waals surface area (Å²) in [5.74, 6) is 0.673. The summed E-state index contributed by atoms with van der Waals surface area (Å²) in [6.07, 6.45) is 0. The van der Waals surface area contributed by atoms with Crippen molar-refractivity contribution in [3.05, 3.63) is 66.8 Å². The van der Waals surface area contributed by atoms with Crippen LogP contribution in [0.25, 0.3) is 10.8 Å². The molecular weight excluding hydrogens is 518 g/mol. The number of aromatic carboxylic acids is 1. The van der Waals surface area contributed by atoms with Gasteiger partial charge in [-0.3, -0.25) is 0 Å². The van der Waals surface area contributed by atoms with E-state index in [0.29, 0.717) is 0 Å². The second kappa shape index (κ2) is 6.64.